The van der Waals surface area contributed by atoms with Gasteiger partial charge in [0.15, 0.2) is 5.76 Å². The van der Waals surface area contributed by atoms with Crippen molar-refractivity contribution in [3.05, 3.63) is 94.7 Å². The number of nitrogens with one attached hydrogen (secondary N) is 3. The van der Waals surface area contributed by atoms with Crippen molar-refractivity contribution >= 4 is 46.0 Å². The summed E-state index contributed by atoms with van der Waals surface area (Å²) >= 11 is 5.82. The molecule has 8 nitrogen and oxygen atoms in total. The van der Waals surface area contributed by atoms with Crippen LogP contribution in [0.5, 0.6) is 5.75 Å². The smallest absolute Gasteiger partial charge is 0.291 e. The molecule has 0 radical (unpaired) electrons. The van der Waals surface area contributed by atoms with E-state index < -0.39 is 11.8 Å². The molecule has 0 aliphatic rings. The molecule has 9 heteroatoms. The highest BCUT2D eigenvalue weighted by Crippen LogP contribution is 2.21. The van der Waals surface area contributed by atoms with Gasteiger partial charge in [0.2, 0.25) is 5.91 Å². The number of rotatable bonds is 5. The molecule has 0 saturated carbocycles. The summed E-state index contributed by atoms with van der Waals surface area (Å²) in [6.45, 7) is 0. The maximum absolute atomic E-state index is 12.4. The van der Waals surface area contributed by atoms with Gasteiger partial charge >= 0.3 is 0 Å². The summed E-state index contributed by atoms with van der Waals surface area (Å²) in [6, 6.07) is 19.7. The van der Waals surface area contributed by atoms with Crippen molar-refractivity contribution in [2.24, 2.45) is 0 Å². The van der Waals surface area contributed by atoms with Gasteiger partial charge in [-0.3, -0.25) is 25.2 Å². The van der Waals surface area contributed by atoms with Gasteiger partial charge in [-0.05, 0) is 48.0 Å². The number of carbonyl (C=O) groups excluding carboxylic acids is 3. The Bertz CT molecular complexity index is 1310. The SMILES string of the molecule is O=C(Cc1ccc(NC(=O)c2cc3ccccc3o2)cc1)NNC(=O)c1cc(Cl)ccc1O. The minimum atomic E-state index is -0.702. The van der Waals surface area contributed by atoms with Crippen LogP contribution in [0.2, 0.25) is 5.02 Å². The number of phenolic OH excluding ortho intramolecular Hbond substituents is 1. The van der Waals surface area contributed by atoms with Crippen LogP contribution in [-0.4, -0.2) is 22.8 Å². The fourth-order valence-electron chi connectivity index (χ4n) is 3.11. The summed E-state index contributed by atoms with van der Waals surface area (Å²) in [6.07, 6.45) is -0.0143. The lowest BCUT2D eigenvalue weighted by atomic mass is 10.1. The molecule has 0 aliphatic heterocycles. The quantitative estimate of drug-likeness (QED) is 0.333. The molecule has 4 aromatic rings. The largest absolute Gasteiger partial charge is 0.507 e. The lowest BCUT2D eigenvalue weighted by molar-refractivity contribution is -0.121. The minimum Gasteiger partial charge on any atom is -0.507 e. The molecule has 166 valence electrons. The van der Waals surface area contributed by atoms with Crippen molar-refractivity contribution in [3.8, 4) is 5.75 Å². The van der Waals surface area contributed by atoms with Crippen LogP contribution in [0.15, 0.2) is 77.2 Å². The van der Waals surface area contributed by atoms with Crippen molar-refractivity contribution in [2.45, 2.75) is 6.42 Å². The van der Waals surface area contributed by atoms with Gasteiger partial charge in [0, 0.05) is 16.1 Å². The summed E-state index contributed by atoms with van der Waals surface area (Å²) < 4.78 is 5.55. The molecule has 0 spiro atoms. The molecule has 0 aliphatic carbocycles. The van der Waals surface area contributed by atoms with Crippen LogP contribution in [-0.2, 0) is 11.2 Å². The number of fused-ring (bicyclic) bond motifs is 1. The lowest BCUT2D eigenvalue weighted by Crippen LogP contribution is -2.42. The zero-order valence-corrected chi connectivity index (χ0v) is 17.8. The first-order valence-electron chi connectivity index (χ1n) is 9.85. The van der Waals surface area contributed by atoms with Crippen LogP contribution >= 0.6 is 11.6 Å². The van der Waals surface area contributed by atoms with Gasteiger partial charge in [-0.15, -0.1) is 0 Å². The van der Waals surface area contributed by atoms with E-state index in [-0.39, 0.29) is 34.4 Å². The van der Waals surface area contributed by atoms with E-state index in [1.54, 1.807) is 36.4 Å². The molecule has 3 aromatic carbocycles. The van der Waals surface area contributed by atoms with E-state index in [9.17, 15) is 19.5 Å². The average molecular weight is 464 g/mol. The van der Waals surface area contributed by atoms with Crippen LogP contribution in [0.25, 0.3) is 11.0 Å². The number of hydrogen-bond acceptors (Lipinski definition) is 5. The molecule has 1 aromatic heterocycles. The van der Waals surface area contributed by atoms with Crippen LogP contribution in [0.1, 0.15) is 26.5 Å². The molecule has 4 N–H and O–H groups in total. The summed E-state index contributed by atoms with van der Waals surface area (Å²) in [4.78, 5) is 36.7. The highest BCUT2D eigenvalue weighted by atomic mass is 35.5. The van der Waals surface area contributed by atoms with Gasteiger partial charge in [-0.2, -0.15) is 0 Å². The molecule has 4 rings (SSSR count). The second kappa shape index (κ2) is 9.46. The molecule has 0 fully saturated rings. The Balaban J connectivity index is 1.30. The predicted octanol–water partition coefficient (Wildman–Crippen LogP) is 4.05. The van der Waals surface area contributed by atoms with Crippen molar-refractivity contribution in [3.63, 3.8) is 0 Å². The molecule has 3 amide bonds. The summed E-state index contributed by atoms with van der Waals surface area (Å²) in [7, 11) is 0. The average Bonchev–Trinajstić information content (AvgIpc) is 3.25. The molecular formula is C24H18ClN3O5. The fourth-order valence-corrected chi connectivity index (χ4v) is 3.28. The van der Waals surface area contributed by atoms with Crippen LogP contribution in [0.3, 0.4) is 0 Å². The third kappa shape index (κ3) is 5.31. The molecule has 33 heavy (non-hydrogen) atoms. The number of phenols is 1. The highest BCUT2D eigenvalue weighted by Gasteiger charge is 2.14. The van der Waals surface area contributed by atoms with E-state index in [4.69, 9.17) is 16.0 Å². The third-order valence-electron chi connectivity index (χ3n) is 4.74. The normalized spacial score (nSPS) is 10.6. The fraction of sp³-hybridized carbons (Fsp3) is 0.0417. The van der Waals surface area contributed by atoms with Crippen molar-refractivity contribution < 1.29 is 23.9 Å². The summed E-state index contributed by atoms with van der Waals surface area (Å²) in [5, 5.41) is 13.6. The minimum absolute atomic E-state index is 0.0143. The molecule has 0 unspecified atom stereocenters. The number of para-hydroxylation sites is 1. The van der Waals surface area contributed by atoms with Crippen LogP contribution in [0, 0.1) is 0 Å². The monoisotopic (exact) mass is 463 g/mol. The number of anilines is 1. The van der Waals surface area contributed by atoms with Gasteiger partial charge in [0.1, 0.15) is 11.3 Å². The highest BCUT2D eigenvalue weighted by molar-refractivity contribution is 6.31. The summed E-state index contributed by atoms with van der Waals surface area (Å²) in [5.41, 5.74) is 6.27. The van der Waals surface area contributed by atoms with E-state index in [0.717, 1.165) is 5.39 Å². The third-order valence-corrected chi connectivity index (χ3v) is 4.98. The zero-order chi connectivity index (χ0) is 23.4. The van der Waals surface area contributed by atoms with Crippen LogP contribution in [0.4, 0.5) is 5.69 Å². The van der Waals surface area contributed by atoms with Gasteiger partial charge < -0.3 is 14.8 Å². The zero-order valence-electron chi connectivity index (χ0n) is 17.1. The number of hydrazine groups is 1. The first kappa shape index (κ1) is 21.9. The number of halogens is 1. The Kier molecular flexibility index (Phi) is 6.28. The van der Waals surface area contributed by atoms with Gasteiger partial charge in [-0.1, -0.05) is 41.9 Å². The van der Waals surface area contributed by atoms with E-state index in [2.05, 4.69) is 16.2 Å². The molecule has 0 atom stereocenters. The number of amides is 3. The Morgan fingerprint density at radius 3 is 2.39 bits per heavy atom. The van der Waals surface area contributed by atoms with Crippen LogP contribution < -0.4 is 16.2 Å². The Hall–Kier alpha value is -4.30. The second-order valence-electron chi connectivity index (χ2n) is 7.14. The van der Waals surface area contributed by atoms with Crippen molar-refractivity contribution in [1.82, 2.24) is 10.9 Å². The first-order valence-corrected chi connectivity index (χ1v) is 10.2. The maximum atomic E-state index is 12.4. The predicted molar refractivity (Wildman–Crippen MR) is 123 cm³/mol. The van der Waals surface area contributed by atoms with E-state index in [1.165, 1.54) is 18.2 Å². The first-order chi connectivity index (χ1) is 15.9. The summed E-state index contributed by atoms with van der Waals surface area (Å²) in [5.74, 6) is -1.62. The van der Waals surface area contributed by atoms with Crippen molar-refractivity contribution in [1.29, 1.82) is 0 Å². The Labute approximate surface area is 193 Å². The number of benzene rings is 3. The standard InChI is InChI=1S/C24H18ClN3O5/c25-16-7-10-19(29)18(13-16)23(31)28-27-22(30)11-14-5-8-17(9-6-14)26-24(32)21-12-15-3-1-2-4-20(15)33-21/h1-10,12-13,29H,11H2,(H,26,32)(H,27,30)(H,28,31). The van der Waals surface area contributed by atoms with Crippen molar-refractivity contribution in [2.75, 3.05) is 5.32 Å². The number of aromatic hydroxyl groups is 1. The van der Waals surface area contributed by atoms with E-state index >= 15 is 0 Å². The Morgan fingerprint density at radius 2 is 1.64 bits per heavy atom. The maximum Gasteiger partial charge on any atom is 0.291 e. The number of hydrogen-bond donors (Lipinski definition) is 4. The van der Waals surface area contributed by atoms with Gasteiger partial charge in [0.25, 0.3) is 11.8 Å². The molecular weight excluding hydrogens is 446 g/mol. The topological polar surface area (TPSA) is 121 Å². The number of furan rings is 1. The Morgan fingerprint density at radius 1 is 0.879 bits per heavy atom. The molecule has 1 heterocycles. The van der Waals surface area contributed by atoms with E-state index in [1.807, 2.05) is 18.2 Å². The van der Waals surface area contributed by atoms with Gasteiger partial charge in [-0.25, -0.2) is 0 Å². The molecule has 0 saturated heterocycles. The second-order valence-corrected chi connectivity index (χ2v) is 7.58. The van der Waals surface area contributed by atoms with Gasteiger partial charge in [0.05, 0.1) is 12.0 Å². The molecule has 0 bridgehead atoms. The van der Waals surface area contributed by atoms with E-state index in [0.29, 0.717) is 16.8 Å². The lowest BCUT2D eigenvalue weighted by Gasteiger charge is -2.09. The number of carbonyl (C=O) groups is 3.